The summed E-state index contributed by atoms with van der Waals surface area (Å²) in [5, 5.41) is 21.3. The van der Waals surface area contributed by atoms with E-state index in [1.54, 1.807) is 52.0 Å². The highest BCUT2D eigenvalue weighted by molar-refractivity contribution is 6.35. The molecule has 3 aromatic carbocycles. The first kappa shape index (κ1) is 35.9. The molecule has 0 fully saturated rings. The SMILES string of the molecule is CCCCN(CCCC)C(=O)c1cc(C)n(-c2ccc(NC(=O)Nc3cc(Cl)cc(Cl)c3)cc2C(=O)N2Cc3ccccc3C[C@H]2CO)n1. The van der Waals surface area contributed by atoms with E-state index in [0.717, 1.165) is 36.8 Å². The molecule has 12 heteroatoms. The fourth-order valence-corrected chi connectivity index (χ4v) is 6.56. The number of anilines is 2. The number of nitrogens with one attached hydrogen (secondary N) is 2. The van der Waals surface area contributed by atoms with Crippen LogP contribution in [0.4, 0.5) is 16.2 Å². The lowest BCUT2D eigenvalue weighted by atomic mass is 9.93. The van der Waals surface area contributed by atoms with Gasteiger partial charge in [-0.15, -0.1) is 0 Å². The molecule has 2 heterocycles. The molecule has 1 aliphatic rings. The number of carbonyl (C=O) groups excluding carboxylic acids is 3. The van der Waals surface area contributed by atoms with E-state index in [0.29, 0.717) is 64.6 Å². The summed E-state index contributed by atoms with van der Waals surface area (Å²) >= 11 is 12.2. The monoisotopic (exact) mass is 704 g/mol. The average molecular weight is 706 g/mol. The van der Waals surface area contributed by atoms with Gasteiger partial charge in [-0.05, 0) is 79.8 Å². The molecule has 1 aromatic heterocycles. The Morgan fingerprint density at radius 3 is 2.20 bits per heavy atom. The van der Waals surface area contributed by atoms with Crippen LogP contribution >= 0.6 is 23.2 Å². The highest BCUT2D eigenvalue weighted by Crippen LogP contribution is 2.29. The summed E-state index contributed by atoms with van der Waals surface area (Å²) in [6.45, 7) is 7.40. The number of urea groups is 1. The first-order valence-electron chi connectivity index (χ1n) is 16.6. The number of aliphatic hydroxyl groups excluding tert-OH is 1. The van der Waals surface area contributed by atoms with Crippen molar-refractivity contribution >= 4 is 52.4 Å². The first-order chi connectivity index (χ1) is 23.6. The summed E-state index contributed by atoms with van der Waals surface area (Å²) in [5.74, 6) is -0.495. The van der Waals surface area contributed by atoms with E-state index in [-0.39, 0.29) is 24.0 Å². The van der Waals surface area contributed by atoms with Gasteiger partial charge in [-0.1, -0.05) is 74.2 Å². The summed E-state index contributed by atoms with van der Waals surface area (Å²) in [6.07, 6.45) is 4.23. The number of carbonyl (C=O) groups is 3. The second kappa shape index (κ2) is 16.3. The Balaban J connectivity index is 1.51. The summed E-state index contributed by atoms with van der Waals surface area (Å²) < 4.78 is 1.60. The van der Waals surface area contributed by atoms with Crippen molar-refractivity contribution in [2.75, 3.05) is 30.3 Å². The maximum absolute atomic E-state index is 14.5. The Bertz CT molecular complexity index is 1800. The molecule has 49 heavy (non-hydrogen) atoms. The number of halogens is 2. The van der Waals surface area contributed by atoms with Crippen LogP contribution < -0.4 is 10.6 Å². The van der Waals surface area contributed by atoms with Crippen LogP contribution in [0.5, 0.6) is 0 Å². The number of benzene rings is 3. The number of aliphatic hydroxyl groups is 1. The van der Waals surface area contributed by atoms with Crippen molar-refractivity contribution in [3.63, 3.8) is 0 Å². The van der Waals surface area contributed by atoms with Gasteiger partial charge in [0.05, 0.1) is 23.9 Å². The molecular weight excluding hydrogens is 663 g/mol. The number of fused-ring (bicyclic) bond motifs is 1. The van der Waals surface area contributed by atoms with E-state index in [1.165, 1.54) is 0 Å². The van der Waals surface area contributed by atoms with Crippen molar-refractivity contribution in [2.24, 2.45) is 0 Å². The van der Waals surface area contributed by atoms with Crippen molar-refractivity contribution < 1.29 is 19.5 Å². The van der Waals surface area contributed by atoms with Crippen molar-refractivity contribution in [1.82, 2.24) is 19.6 Å². The zero-order valence-corrected chi connectivity index (χ0v) is 29.5. The lowest BCUT2D eigenvalue weighted by Crippen LogP contribution is -2.46. The average Bonchev–Trinajstić information content (AvgIpc) is 3.47. The van der Waals surface area contributed by atoms with Crippen LogP contribution in [0.25, 0.3) is 5.69 Å². The molecule has 10 nitrogen and oxygen atoms in total. The summed E-state index contributed by atoms with van der Waals surface area (Å²) in [6, 6.07) is 18.3. The van der Waals surface area contributed by atoms with Gasteiger partial charge in [-0.25, -0.2) is 9.48 Å². The Morgan fingerprint density at radius 1 is 0.898 bits per heavy atom. The number of hydrogen-bond acceptors (Lipinski definition) is 5. The summed E-state index contributed by atoms with van der Waals surface area (Å²) in [5.41, 5.74) is 4.49. The fraction of sp³-hybridized carbons (Fsp3) is 0.351. The molecule has 1 atom stereocenters. The van der Waals surface area contributed by atoms with Crippen LogP contribution in [0.3, 0.4) is 0 Å². The molecule has 0 saturated carbocycles. The largest absolute Gasteiger partial charge is 0.394 e. The number of amides is 4. The zero-order chi connectivity index (χ0) is 35.1. The lowest BCUT2D eigenvalue weighted by molar-refractivity contribution is 0.0544. The third kappa shape index (κ3) is 8.62. The predicted octanol–water partition coefficient (Wildman–Crippen LogP) is 7.73. The van der Waals surface area contributed by atoms with Gasteiger partial charge in [0.25, 0.3) is 11.8 Å². The predicted molar refractivity (Wildman–Crippen MR) is 194 cm³/mol. The van der Waals surface area contributed by atoms with Gasteiger partial charge in [-0.2, -0.15) is 5.10 Å². The van der Waals surface area contributed by atoms with E-state index in [9.17, 15) is 19.5 Å². The van der Waals surface area contributed by atoms with Gasteiger partial charge < -0.3 is 25.5 Å². The standard InChI is InChI=1S/C37H42Cl2N6O4/c1-4-6-14-43(15-7-5-2)36(48)33-16-24(3)45(42-33)34-13-12-29(40-37(49)41-30-19-27(38)18-28(39)20-30)21-32(34)35(47)44-22-26-11-9-8-10-25(26)17-31(44)23-46/h8-13,16,18-21,31,46H,4-7,14-15,17,22-23H2,1-3H3,(H2,40,41,49)/t31-/m0/s1. The lowest BCUT2D eigenvalue weighted by Gasteiger charge is -2.36. The molecule has 0 radical (unpaired) electrons. The van der Waals surface area contributed by atoms with Crippen molar-refractivity contribution in [1.29, 1.82) is 0 Å². The number of aryl methyl sites for hydroxylation is 1. The van der Waals surface area contributed by atoms with Gasteiger partial charge in [0.2, 0.25) is 0 Å². The highest BCUT2D eigenvalue weighted by Gasteiger charge is 2.32. The minimum Gasteiger partial charge on any atom is -0.394 e. The first-order valence-corrected chi connectivity index (χ1v) is 17.4. The fourth-order valence-electron chi connectivity index (χ4n) is 6.03. The molecule has 0 spiro atoms. The molecule has 0 saturated heterocycles. The number of rotatable bonds is 12. The van der Waals surface area contributed by atoms with E-state index >= 15 is 0 Å². The zero-order valence-electron chi connectivity index (χ0n) is 28.0. The molecule has 0 aliphatic carbocycles. The third-order valence-corrected chi connectivity index (χ3v) is 9.05. The normalized spacial score (nSPS) is 13.9. The number of nitrogens with zero attached hydrogens (tertiary/aromatic N) is 4. The van der Waals surface area contributed by atoms with Crippen molar-refractivity contribution in [2.45, 2.75) is 65.5 Å². The number of hydrogen-bond donors (Lipinski definition) is 3. The van der Waals surface area contributed by atoms with Gasteiger partial charge in [0.1, 0.15) is 0 Å². The smallest absolute Gasteiger partial charge is 0.323 e. The van der Waals surface area contributed by atoms with Crippen LogP contribution in [0, 0.1) is 6.92 Å². The van der Waals surface area contributed by atoms with Crippen LogP contribution in [0.1, 0.15) is 77.2 Å². The second-order valence-electron chi connectivity index (χ2n) is 12.3. The number of unbranched alkanes of at least 4 members (excludes halogenated alkanes) is 2. The summed E-state index contributed by atoms with van der Waals surface area (Å²) in [4.78, 5) is 44.7. The van der Waals surface area contributed by atoms with Gasteiger partial charge in [-0.3, -0.25) is 9.59 Å². The topological polar surface area (TPSA) is 120 Å². The highest BCUT2D eigenvalue weighted by atomic mass is 35.5. The molecule has 258 valence electrons. The maximum atomic E-state index is 14.5. The van der Waals surface area contributed by atoms with E-state index in [1.807, 2.05) is 36.1 Å². The Kier molecular flexibility index (Phi) is 12.0. The Labute approximate surface area is 297 Å². The molecule has 4 aromatic rings. The second-order valence-corrected chi connectivity index (χ2v) is 13.2. The van der Waals surface area contributed by atoms with Crippen LogP contribution in [-0.4, -0.2) is 68.3 Å². The quantitative estimate of drug-likeness (QED) is 0.139. The molecular formula is C37H42Cl2N6O4. The Hall–Kier alpha value is -4.38. The van der Waals surface area contributed by atoms with E-state index in [4.69, 9.17) is 28.3 Å². The third-order valence-electron chi connectivity index (χ3n) is 8.62. The molecule has 1 aliphatic heterocycles. The summed E-state index contributed by atoms with van der Waals surface area (Å²) in [7, 11) is 0. The minimum absolute atomic E-state index is 0.152. The van der Waals surface area contributed by atoms with Gasteiger partial charge in [0, 0.05) is 46.7 Å². The molecule has 5 rings (SSSR count). The number of aromatic nitrogens is 2. The van der Waals surface area contributed by atoms with Crippen LogP contribution in [-0.2, 0) is 13.0 Å². The molecule has 3 N–H and O–H groups in total. The van der Waals surface area contributed by atoms with E-state index in [2.05, 4.69) is 24.5 Å². The molecule has 4 amide bonds. The molecule has 0 unspecified atom stereocenters. The van der Waals surface area contributed by atoms with Crippen molar-refractivity contribution in [3.05, 3.63) is 105 Å². The minimum atomic E-state index is -0.563. The van der Waals surface area contributed by atoms with Crippen LogP contribution in [0.2, 0.25) is 10.0 Å². The van der Waals surface area contributed by atoms with Gasteiger partial charge >= 0.3 is 6.03 Å². The maximum Gasteiger partial charge on any atom is 0.323 e. The van der Waals surface area contributed by atoms with E-state index < -0.39 is 12.1 Å². The van der Waals surface area contributed by atoms with Gasteiger partial charge in [0.15, 0.2) is 5.69 Å². The van der Waals surface area contributed by atoms with Crippen LogP contribution in [0.15, 0.2) is 66.7 Å². The Morgan fingerprint density at radius 2 is 1.55 bits per heavy atom. The molecule has 0 bridgehead atoms. The van der Waals surface area contributed by atoms with Crippen molar-refractivity contribution in [3.8, 4) is 5.69 Å².